The molecule has 130 valence electrons. The van der Waals surface area contributed by atoms with Crippen molar-refractivity contribution in [1.29, 1.82) is 0 Å². The smallest absolute Gasteiger partial charge is 0.352 e. The minimum atomic E-state index is -4.41. The van der Waals surface area contributed by atoms with Gasteiger partial charge in [-0.15, -0.1) is 0 Å². The molecule has 3 aromatic rings. The van der Waals surface area contributed by atoms with E-state index < -0.39 is 17.6 Å². The van der Waals surface area contributed by atoms with Gasteiger partial charge in [0.25, 0.3) is 5.91 Å². The maximum atomic E-state index is 12.5. The first-order valence-corrected chi connectivity index (χ1v) is 7.73. The standard InChI is InChI=1S/C18H16F3N3O/c1-12-3-2-4-16-23-15(11-24(12)16)9-10-22-17(25)13-5-7-14(8-6-13)18(19,20)21/h2-8,11H,9-10H2,1H3,(H,22,25). The van der Waals surface area contributed by atoms with Crippen molar-refractivity contribution in [3.05, 3.63) is 71.2 Å². The number of alkyl halides is 3. The fourth-order valence-corrected chi connectivity index (χ4v) is 2.54. The Kier molecular flexibility index (Phi) is 4.48. The lowest BCUT2D eigenvalue weighted by Gasteiger charge is -2.08. The van der Waals surface area contributed by atoms with E-state index in [0.717, 1.165) is 29.2 Å². The first-order valence-electron chi connectivity index (χ1n) is 7.73. The molecule has 0 saturated carbocycles. The van der Waals surface area contributed by atoms with E-state index in [0.29, 0.717) is 13.0 Å². The zero-order valence-electron chi connectivity index (χ0n) is 13.5. The van der Waals surface area contributed by atoms with Crippen molar-refractivity contribution in [3.63, 3.8) is 0 Å². The molecule has 0 atom stereocenters. The number of aryl methyl sites for hydroxylation is 1. The third-order valence-electron chi connectivity index (χ3n) is 3.89. The Morgan fingerprint density at radius 3 is 2.52 bits per heavy atom. The highest BCUT2D eigenvalue weighted by atomic mass is 19.4. The fourth-order valence-electron chi connectivity index (χ4n) is 2.54. The fraction of sp³-hybridized carbons (Fsp3) is 0.222. The largest absolute Gasteiger partial charge is 0.416 e. The van der Waals surface area contributed by atoms with Gasteiger partial charge in [0.15, 0.2) is 0 Å². The van der Waals surface area contributed by atoms with Crippen LogP contribution in [0.4, 0.5) is 13.2 Å². The van der Waals surface area contributed by atoms with Crippen LogP contribution in [-0.2, 0) is 12.6 Å². The number of benzene rings is 1. The third-order valence-corrected chi connectivity index (χ3v) is 3.89. The second-order valence-electron chi connectivity index (χ2n) is 5.71. The zero-order chi connectivity index (χ0) is 18.0. The van der Waals surface area contributed by atoms with E-state index in [1.54, 1.807) is 0 Å². The summed E-state index contributed by atoms with van der Waals surface area (Å²) in [7, 11) is 0. The van der Waals surface area contributed by atoms with Crippen LogP contribution in [-0.4, -0.2) is 21.8 Å². The lowest BCUT2D eigenvalue weighted by atomic mass is 10.1. The van der Waals surface area contributed by atoms with Crippen LogP contribution in [0, 0.1) is 6.92 Å². The number of imidazole rings is 1. The molecule has 3 rings (SSSR count). The molecule has 0 aliphatic heterocycles. The molecule has 2 aromatic heterocycles. The summed E-state index contributed by atoms with van der Waals surface area (Å²) >= 11 is 0. The molecule has 0 unspecified atom stereocenters. The quantitative estimate of drug-likeness (QED) is 0.783. The minimum absolute atomic E-state index is 0.193. The van der Waals surface area contributed by atoms with Crippen LogP contribution in [0.2, 0.25) is 0 Å². The van der Waals surface area contributed by atoms with Gasteiger partial charge in [-0.05, 0) is 43.3 Å². The van der Waals surface area contributed by atoms with Crippen LogP contribution in [0.3, 0.4) is 0 Å². The number of hydrogen-bond donors (Lipinski definition) is 1. The van der Waals surface area contributed by atoms with E-state index in [9.17, 15) is 18.0 Å². The summed E-state index contributed by atoms with van der Waals surface area (Å²) in [5.74, 6) is -0.409. The van der Waals surface area contributed by atoms with Crippen molar-refractivity contribution in [2.24, 2.45) is 0 Å². The van der Waals surface area contributed by atoms with Gasteiger partial charge in [-0.25, -0.2) is 4.98 Å². The van der Waals surface area contributed by atoms with Crippen molar-refractivity contribution in [2.75, 3.05) is 6.54 Å². The summed E-state index contributed by atoms with van der Waals surface area (Å²) in [6.07, 6.45) is -1.96. The van der Waals surface area contributed by atoms with Crippen molar-refractivity contribution in [2.45, 2.75) is 19.5 Å². The van der Waals surface area contributed by atoms with Gasteiger partial charge in [0.05, 0.1) is 11.3 Å². The second kappa shape index (κ2) is 6.58. The highest BCUT2D eigenvalue weighted by Crippen LogP contribution is 2.29. The molecule has 4 nitrogen and oxygen atoms in total. The third kappa shape index (κ3) is 3.81. The average molecular weight is 347 g/mol. The summed E-state index contributed by atoms with van der Waals surface area (Å²) in [5, 5.41) is 2.70. The van der Waals surface area contributed by atoms with Crippen LogP contribution < -0.4 is 5.32 Å². The molecule has 1 amide bonds. The van der Waals surface area contributed by atoms with Gasteiger partial charge >= 0.3 is 6.18 Å². The molecule has 0 bridgehead atoms. The number of rotatable bonds is 4. The van der Waals surface area contributed by atoms with Crippen LogP contribution in [0.1, 0.15) is 27.3 Å². The molecule has 7 heteroatoms. The summed E-state index contributed by atoms with van der Waals surface area (Å²) in [6.45, 7) is 2.33. The van der Waals surface area contributed by atoms with Crippen LogP contribution >= 0.6 is 0 Å². The maximum absolute atomic E-state index is 12.5. The Morgan fingerprint density at radius 1 is 1.16 bits per heavy atom. The molecule has 25 heavy (non-hydrogen) atoms. The molecule has 0 aliphatic rings. The number of carbonyl (C=O) groups is 1. The molecule has 0 spiro atoms. The molecule has 1 N–H and O–H groups in total. The Hall–Kier alpha value is -2.83. The van der Waals surface area contributed by atoms with E-state index >= 15 is 0 Å². The van der Waals surface area contributed by atoms with Crippen molar-refractivity contribution >= 4 is 11.6 Å². The van der Waals surface area contributed by atoms with Crippen LogP contribution in [0.15, 0.2) is 48.7 Å². The lowest BCUT2D eigenvalue weighted by molar-refractivity contribution is -0.137. The highest BCUT2D eigenvalue weighted by molar-refractivity contribution is 5.94. The number of pyridine rings is 1. The SMILES string of the molecule is Cc1cccc2nc(CCNC(=O)c3ccc(C(F)(F)F)cc3)cn12. The van der Waals surface area contributed by atoms with Crippen molar-refractivity contribution < 1.29 is 18.0 Å². The van der Waals surface area contributed by atoms with Crippen molar-refractivity contribution in [3.8, 4) is 0 Å². The van der Waals surface area contributed by atoms with E-state index in [-0.39, 0.29) is 5.56 Å². The molecule has 0 fully saturated rings. The summed E-state index contributed by atoms with van der Waals surface area (Å²) in [5.41, 5.74) is 2.15. The molecule has 2 heterocycles. The number of amides is 1. The average Bonchev–Trinajstić information content (AvgIpc) is 2.98. The molecular weight excluding hydrogens is 331 g/mol. The van der Waals surface area contributed by atoms with E-state index in [4.69, 9.17) is 0 Å². The first-order chi connectivity index (χ1) is 11.8. The Balaban J connectivity index is 1.59. The summed E-state index contributed by atoms with van der Waals surface area (Å²) < 4.78 is 39.5. The predicted molar refractivity (Wildman–Crippen MR) is 87.4 cm³/mol. The number of carbonyl (C=O) groups excluding carboxylic acids is 1. The number of hydrogen-bond acceptors (Lipinski definition) is 2. The monoisotopic (exact) mass is 347 g/mol. The molecule has 0 aliphatic carbocycles. The lowest BCUT2D eigenvalue weighted by Crippen LogP contribution is -2.25. The number of nitrogens with one attached hydrogen (secondary N) is 1. The molecule has 0 saturated heterocycles. The minimum Gasteiger partial charge on any atom is -0.352 e. The molecular formula is C18H16F3N3O. The van der Waals surface area contributed by atoms with Gasteiger partial charge in [0, 0.05) is 30.4 Å². The van der Waals surface area contributed by atoms with Gasteiger partial charge in [0.2, 0.25) is 0 Å². The van der Waals surface area contributed by atoms with Gasteiger partial charge in [-0.2, -0.15) is 13.2 Å². The first kappa shape index (κ1) is 17.0. The number of fused-ring (bicyclic) bond motifs is 1. The number of halogens is 3. The highest BCUT2D eigenvalue weighted by Gasteiger charge is 2.30. The van der Waals surface area contributed by atoms with Gasteiger partial charge in [-0.1, -0.05) is 6.07 Å². The maximum Gasteiger partial charge on any atom is 0.416 e. The van der Waals surface area contributed by atoms with Crippen LogP contribution in [0.25, 0.3) is 5.65 Å². The number of aromatic nitrogens is 2. The van der Waals surface area contributed by atoms with E-state index in [2.05, 4.69) is 10.3 Å². The van der Waals surface area contributed by atoms with E-state index in [1.807, 2.05) is 35.7 Å². The predicted octanol–water partition coefficient (Wildman–Crippen LogP) is 3.63. The normalized spacial score (nSPS) is 11.7. The Morgan fingerprint density at radius 2 is 1.88 bits per heavy atom. The van der Waals surface area contributed by atoms with Gasteiger partial charge in [0.1, 0.15) is 5.65 Å². The van der Waals surface area contributed by atoms with Crippen molar-refractivity contribution in [1.82, 2.24) is 14.7 Å². The summed E-state index contributed by atoms with van der Waals surface area (Å²) in [6, 6.07) is 9.95. The zero-order valence-corrected chi connectivity index (χ0v) is 13.5. The molecule has 1 aromatic carbocycles. The Bertz CT molecular complexity index is 898. The van der Waals surface area contributed by atoms with Crippen LogP contribution in [0.5, 0.6) is 0 Å². The van der Waals surface area contributed by atoms with Gasteiger partial charge in [-0.3, -0.25) is 4.79 Å². The van der Waals surface area contributed by atoms with Gasteiger partial charge < -0.3 is 9.72 Å². The number of nitrogens with zero attached hydrogens (tertiary/aromatic N) is 2. The summed E-state index contributed by atoms with van der Waals surface area (Å²) in [4.78, 5) is 16.5. The van der Waals surface area contributed by atoms with E-state index in [1.165, 1.54) is 12.1 Å². The second-order valence-corrected chi connectivity index (χ2v) is 5.71. The Labute approximate surface area is 142 Å². The molecule has 0 radical (unpaired) electrons. The topological polar surface area (TPSA) is 46.4 Å².